The van der Waals surface area contributed by atoms with Gasteiger partial charge in [0, 0.05) is 6.42 Å². The standard InChI is InChI=1S/C17H23NO/c1-17(2)13-8-7-12(14(17)11-13)9-10-19-16-6-4-3-5-15(16)18/h3-7,13-14H,8-11,18H2,1-2H3. The number of ether oxygens (including phenoxy) is 1. The minimum Gasteiger partial charge on any atom is -0.491 e. The van der Waals surface area contributed by atoms with E-state index >= 15 is 0 Å². The molecule has 0 aromatic heterocycles. The second-order valence-corrected chi connectivity index (χ2v) is 6.46. The van der Waals surface area contributed by atoms with Gasteiger partial charge in [0.15, 0.2) is 0 Å². The first-order valence-corrected chi connectivity index (χ1v) is 7.25. The maximum Gasteiger partial charge on any atom is 0.142 e. The number of hydrogen-bond acceptors (Lipinski definition) is 2. The van der Waals surface area contributed by atoms with Crippen molar-refractivity contribution >= 4 is 5.69 Å². The van der Waals surface area contributed by atoms with Crippen LogP contribution in [0.15, 0.2) is 35.9 Å². The average Bonchev–Trinajstić information content (AvgIpc) is 2.41. The van der Waals surface area contributed by atoms with Crippen LogP contribution in [0.25, 0.3) is 0 Å². The molecule has 102 valence electrons. The molecule has 1 aromatic rings. The third-order valence-electron chi connectivity index (χ3n) is 5.15. The van der Waals surface area contributed by atoms with Crippen LogP contribution in [0.4, 0.5) is 5.69 Å². The molecule has 3 aliphatic rings. The first-order valence-electron chi connectivity index (χ1n) is 7.25. The number of benzene rings is 1. The van der Waals surface area contributed by atoms with E-state index in [2.05, 4.69) is 19.9 Å². The van der Waals surface area contributed by atoms with E-state index in [-0.39, 0.29) is 0 Å². The van der Waals surface area contributed by atoms with Crippen LogP contribution in [0.5, 0.6) is 5.75 Å². The van der Waals surface area contributed by atoms with Crippen LogP contribution in [0, 0.1) is 17.3 Å². The molecule has 4 rings (SSSR count). The van der Waals surface area contributed by atoms with Gasteiger partial charge in [0.05, 0.1) is 12.3 Å². The quantitative estimate of drug-likeness (QED) is 0.653. The van der Waals surface area contributed by atoms with Gasteiger partial charge >= 0.3 is 0 Å². The highest BCUT2D eigenvalue weighted by atomic mass is 16.5. The lowest BCUT2D eigenvalue weighted by atomic mass is 9.48. The summed E-state index contributed by atoms with van der Waals surface area (Å²) in [7, 11) is 0. The first-order chi connectivity index (χ1) is 9.09. The Morgan fingerprint density at radius 3 is 2.79 bits per heavy atom. The molecule has 3 aliphatic carbocycles. The molecular weight excluding hydrogens is 234 g/mol. The van der Waals surface area contributed by atoms with Crippen molar-refractivity contribution in [3.05, 3.63) is 35.9 Å². The van der Waals surface area contributed by atoms with Gasteiger partial charge in [0.1, 0.15) is 5.75 Å². The zero-order valence-electron chi connectivity index (χ0n) is 11.9. The van der Waals surface area contributed by atoms with Gasteiger partial charge < -0.3 is 10.5 Å². The average molecular weight is 257 g/mol. The summed E-state index contributed by atoms with van der Waals surface area (Å²) >= 11 is 0. The summed E-state index contributed by atoms with van der Waals surface area (Å²) in [6.07, 6.45) is 6.12. The van der Waals surface area contributed by atoms with Crippen molar-refractivity contribution in [1.82, 2.24) is 0 Å². The molecule has 1 fully saturated rings. The molecule has 2 unspecified atom stereocenters. The molecule has 2 N–H and O–H groups in total. The van der Waals surface area contributed by atoms with Crippen molar-refractivity contribution in [2.75, 3.05) is 12.3 Å². The van der Waals surface area contributed by atoms with E-state index in [1.54, 1.807) is 5.57 Å². The molecule has 0 radical (unpaired) electrons. The SMILES string of the molecule is CC1(C)C2CC=C(CCOc3ccccc3N)C1C2. The van der Waals surface area contributed by atoms with E-state index in [4.69, 9.17) is 10.5 Å². The first kappa shape index (κ1) is 12.6. The van der Waals surface area contributed by atoms with Crippen LogP contribution in [0.1, 0.15) is 33.1 Å². The van der Waals surface area contributed by atoms with Gasteiger partial charge in [0.2, 0.25) is 0 Å². The minimum absolute atomic E-state index is 0.510. The van der Waals surface area contributed by atoms with Crippen LogP contribution in [0.2, 0.25) is 0 Å². The van der Waals surface area contributed by atoms with Crippen molar-refractivity contribution in [3.8, 4) is 5.75 Å². The molecule has 1 saturated carbocycles. The summed E-state index contributed by atoms with van der Waals surface area (Å²) in [5, 5.41) is 0. The van der Waals surface area contributed by atoms with Crippen LogP contribution in [0.3, 0.4) is 0 Å². The molecule has 2 nitrogen and oxygen atoms in total. The number of anilines is 1. The number of allylic oxidation sites excluding steroid dienone is 1. The molecule has 2 atom stereocenters. The third-order valence-corrected chi connectivity index (χ3v) is 5.15. The highest BCUT2D eigenvalue weighted by Crippen LogP contribution is 2.59. The van der Waals surface area contributed by atoms with E-state index < -0.39 is 0 Å². The molecule has 0 heterocycles. The number of para-hydroxylation sites is 2. The Balaban J connectivity index is 1.57. The van der Waals surface area contributed by atoms with Gasteiger partial charge in [-0.05, 0) is 42.2 Å². The molecule has 1 aromatic carbocycles. The third kappa shape index (κ3) is 2.13. The fraction of sp³-hybridized carbons (Fsp3) is 0.529. The van der Waals surface area contributed by atoms with Gasteiger partial charge in [-0.25, -0.2) is 0 Å². The van der Waals surface area contributed by atoms with E-state index in [9.17, 15) is 0 Å². The zero-order valence-corrected chi connectivity index (χ0v) is 11.9. The van der Waals surface area contributed by atoms with Crippen LogP contribution in [-0.4, -0.2) is 6.61 Å². The Kier molecular flexibility index (Phi) is 3.04. The Morgan fingerprint density at radius 2 is 2.11 bits per heavy atom. The summed E-state index contributed by atoms with van der Waals surface area (Å²) in [6.45, 7) is 5.56. The smallest absolute Gasteiger partial charge is 0.142 e. The normalized spacial score (nSPS) is 27.4. The van der Waals surface area contributed by atoms with Gasteiger partial charge in [0.25, 0.3) is 0 Å². The molecular formula is C17H23NO. The van der Waals surface area contributed by atoms with Gasteiger partial charge in [-0.3, -0.25) is 0 Å². The molecule has 2 bridgehead atoms. The second-order valence-electron chi connectivity index (χ2n) is 6.46. The fourth-order valence-corrected chi connectivity index (χ4v) is 3.65. The van der Waals surface area contributed by atoms with Crippen LogP contribution < -0.4 is 10.5 Å². The van der Waals surface area contributed by atoms with Crippen molar-refractivity contribution in [1.29, 1.82) is 0 Å². The summed E-state index contributed by atoms with van der Waals surface area (Å²) in [5.41, 5.74) is 8.71. The molecule has 0 saturated heterocycles. The largest absolute Gasteiger partial charge is 0.491 e. The summed E-state index contributed by atoms with van der Waals surface area (Å²) < 4.78 is 5.81. The number of nitrogens with two attached hydrogens (primary N) is 1. The van der Waals surface area contributed by atoms with Crippen molar-refractivity contribution < 1.29 is 4.74 Å². The van der Waals surface area contributed by atoms with E-state index in [1.807, 2.05) is 24.3 Å². The summed E-state index contributed by atoms with van der Waals surface area (Å²) in [5.74, 6) is 2.50. The van der Waals surface area contributed by atoms with E-state index in [0.717, 1.165) is 36.3 Å². The lowest BCUT2D eigenvalue weighted by molar-refractivity contribution is -0.00916. The van der Waals surface area contributed by atoms with Crippen LogP contribution >= 0.6 is 0 Å². The predicted octanol–water partition coefficient (Wildman–Crippen LogP) is 4.03. The number of nitrogen functional groups attached to an aromatic ring is 1. The van der Waals surface area contributed by atoms with Crippen molar-refractivity contribution in [2.24, 2.45) is 17.3 Å². The van der Waals surface area contributed by atoms with E-state index in [1.165, 1.54) is 12.8 Å². The Hall–Kier alpha value is -1.44. The monoisotopic (exact) mass is 257 g/mol. The lowest BCUT2D eigenvalue weighted by Gasteiger charge is -2.56. The second kappa shape index (κ2) is 4.59. The number of rotatable bonds is 4. The van der Waals surface area contributed by atoms with Crippen molar-refractivity contribution in [3.63, 3.8) is 0 Å². The zero-order chi connectivity index (χ0) is 13.5. The predicted molar refractivity (Wildman–Crippen MR) is 79.0 cm³/mol. The highest BCUT2D eigenvalue weighted by Gasteiger charge is 2.50. The molecule has 19 heavy (non-hydrogen) atoms. The topological polar surface area (TPSA) is 35.2 Å². The van der Waals surface area contributed by atoms with Crippen LogP contribution in [-0.2, 0) is 0 Å². The summed E-state index contributed by atoms with van der Waals surface area (Å²) in [6, 6.07) is 7.72. The maximum atomic E-state index is 5.88. The molecule has 0 amide bonds. The van der Waals surface area contributed by atoms with Gasteiger partial charge in [-0.15, -0.1) is 0 Å². The minimum atomic E-state index is 0.510. The Labute approximate surface area is 115 Å². The maximum absolute atomic E-state index is 5.88. The Bertz CT molecular complexity index is 504. The Morgan fingerprint density at radius 1 is 1.32 bits per heavy atom. The molecule has 0 aliphatic heterocycles. The number of fused-ring (bicyclic) bond motifs is 1. The lowest BCUT2D eigenvalue weighted by Crippen LogP contribution is -2.48. The van der Waals surface area contributed by atoms with Crippen molar-refractivity contribution in [2.45, 2.75) is 33.1 Å². The fourth-order valence-electron chi connectivity index (χ4n) is 3.65. The molecule has 0 spiro atoms. The summed E-state index contributed by atoms with van der Waals surface area (Å²) in [4.78, 5) is 0. The van der Waals surface area contributed by atoms with Gasteiger partial charge in [-0.1, -0.05) is 37.6 Å². The highest BCUT2D eigenvalue weighted by molar-refractivity contribution is 5.51. The number of hydrogen-bond donors (Lipinski definition) is 1. The molecule has 2 heteroatoms. The van der Waals surface area contributed by atoms with E-state index in [0.29, 0.717) is 5.41 Å². The van der Waals surface area contributed by atoms with Gasteiger partial charge in [-0.2, -0.15) is 0 Å².